The van der Waals surface area contributed by atoms with Crippen molar-refractivity contribution in [3.8, 4) is 0 Å². The lowest BCUT2D eigenvalue weighted by Gasteiger charge is -2.14. The van der Waals surface area contributed by atoms with Gasteiger partial charge in [-0.15, -0.1) is 0 Å². The molecule has 0 aliphatic heterocycles. The van der Waals surface area contributed by atoms with Crippen molar-refractivity contribution in [1.29, 1.82) is 0 Å². The summed E-state index contributed by atoms with van der Waals surface area (Å²) >= 11 is 5.89. The van der Waals surface area contributed by atoms with Crippen LogP contribution in [0.2, 0.25) is 5.02 Å². The maximum atomic E-state index is 13.4. The molecule has 0 aromatic heterocycles. The van der Waals surface area contributed by atoms with Crippen molar-refractivity contribution >= 4 is 11.6 Å². The smallest absolute Gasteiger partial charge is 0.129 e. The van der Waals surface area contributed by atoms with Gasteiger partial charge in [0.2, 0.25) is 0 Å². The molecule has 17 heavy (non-hydrogen) atoms. The molecule has 96 valence electrons. The number of nitrogens with one attached hydrogen (secondary N) is 1. The van der Waals surface area contributed by atoms with Crippen LogP contribution in [0.5, 0.6) is 0 Å². The van der Waals surface area contributed by atoms with Crippen molar-refractivity contribution in [2.24, 2.45) is 5.92 Å². The molecule has 0 saturated carbocycles. The molecule has 0 fully saturated rings. The Hall–Kier alpha value is -0.640. The van der Waals surface area contributed by atoms with Crippen molar-refractivity contribution < 1.29 is 9.50 Å². The predicted molar refractivity (Wildman–Crippen MR) is 68.6 cm³/mol. The lowest BCUT2D eigenvalue weighted by Crippen LogP contribution is -2.23. The minimum Gasteiger partial charge on any atom is -0.393 e. The normalized spacial score (nSPS) is 13.1. The minimum absolute atomic E-state index is 0.244. The summed E-state index contributed by atoms with van der Waals surface area (Å²) in [4.78, 5) is 0. The summed E-state index contributed by atoms with van der Waals surface area (Å²) in [6, 6.07) is 4.65. The highest BCUT2D eigenvalue weighted by Gasteiger charge is 2.09. The van der Waals surface area contributed by atoms with Gasteiger partial charge in [0, 0.05) is 17.1 Å². The fourth-order valence-electron chi connectivity index (χ4n) is 1.50. The number of aliphatic hydroxyl groups excluding tert-OH is 1. The van der Waals surface area contributed by atoms with Crippen LogP contribution in [0.1, 0.15) is 25.8 Å². The van der Waals surface area contributed by atoms with E-state index in [4.69, 9.17) is 11.6 Å². The zero-order valence-electron chi connectivity index (χ0n) is 10.2. The van der Waals surface area contributed by atoms with E-state index in [1.54, 1.807) is 12.1 Å². The second-order valence-electron chi connectivity index (χ2n) is 4.48. The summed E-state index contributed by atoms with van der Waals surface area (Å²) in [7, 11) is 0. The molecular weight excluding hydrogens is 241 g/mol. The highest BCUT2D eigenvalue weighted by molar-refractivity contribution is 6.31. The van der Waals surface area contributed by atoms with E-state index in [1.807, 2.05) is 13.8 Å². The molecule has 0 aliphatic rings. The molecular formula is C13H19ClFNO. The van der Waals surface area contributed by atoms with E-state index in [9.17, 15) is 9.50 Å². The Bertz CT molecular complexity index is 337. The van der Waals surface area contributed by atoms with Gasteiger partial charge in [0.25, 0.3) is 0 Å². The van der Waals surface area contributed by atoms with Crippen molar-refractivity contribution in [3.05, 3.63) is 34.6 Å². The lowest BCUT2D eigenvalue weighted by molar-refractivity contribution is 0.116. The van der Waals surface area contributed by atoms with E-state index < -0.39 is 0 Å². The Balaban J connectivity index is 2.36. The third-order valence-corrected chi connectivity index (χ3v) is 3.10. The van der Waals surface area contributed by atoms with Crippen LogP contribution in [0.4, 0.5) is 4.39 Å². The first-order valence-corrected chi connectivity index (χ1v) is 6.22. The summed E-state index contributed by atoms with van der Waals surface area (Å²) in [6.45, 7) is 4.97. The third kappa shape index (κ3) is 4.62. The van der Waals surface area contributed by atoms with E-state index >= 15 is 0 Å². The van der Waals surface area contributed by atoms with Crippen LogP contribution in [0.25, 0.3) is 0 Å². The summed E-state index contributed by atoms with van der Waals surface area (Å²) in [5.41, 5.74) is 0.480. The molecule has 1 atom stereocenters. The molecule has 1 rings (SSSR count). The Labute approximate surface area is 107 Å². The molecule has 0 saturated heterocycles. The van der Waals surface area contributed by atoms with Crippen LogP contribution < -0.4 is 5.32 Å². The van der Waals surface area contributed by atoms with Gasteiger partial charge in [0.15, 0.2) is 0 Å². The molecule has 0 bridgehead atoms. The molecule has 0 radical (unpaired) electrons. The van der Waals surface area contributed by atoms with Crippen LogP contribution in [-0.4, -0.2) is 17.8 Å². The van der Waals surface area contributed by atoms with Gasteiger partial charge in [0.05, 0.1) is 6.10 Å². The van der Waals surface area contributed by atoms with Gasteiger partial charge >= 0.3 is 0 Å². The quantitative estimate of drug-likeness (QED) is 0.770. The number of halogens is 2. The van der Waals surface area contributed by atoms with Gasteiger partial charge < -0.3 is 10.4 Å². The van der Waals surface area contributed by atoms with Crippen molar-refractivity contribution in [2.75, 3.05) is 6.54 Å². The first-order valence-electron chi connectivity index (χ1n) is 5.84. The van der Waals surface area contributed by atoms with E-state index in [1.165, 1.54) is 6.07 Å². The van der Waals surface area contributed by atoms with Gasteiger partial charge in [-0.1, -0.05) is 31.5 Å². The SMILES string of the molecule is CC(C)C(O)CCNCc1c(F)cccc1Cl. The Morgan fingerprint density at radius 1 is 1.41 bits per heavy atom. The summed E-state index contributed by atoms with van der Waals surface area (Å²) < 4.78 is 13.4. The molecule has 0 heterocycles. The summed E-state index contributed by atoms with van der Waals surface area (Å²) in [6.07, 6.45) is 0.336. The fraction of sp³-hybridized carbons (Fsp3) is 0.538. The van der Waals surface area contributed by atoms with Crippen LogP contribution in [0.3, 0.4) is 0 Å². The van der Waals surface area contributed by atoms with Crippen molar-refractivity contribution in [3.63, 3.8) is 0 Å². The standard InChI is InChI=1S/C13H19ClFNO/c1-9(2)13(17)6-7-16-8-10-11(14)4-3-5-12(10)15/h3-5,9,13,16-17H,6-8H2,1-2H3. The van der Waals surface area contributed by atoms with E-state index in [2.05, 4.69) is 5.32 Å². The first kappa shape index (κ1) is 14.4. The Kier molecular flexibility index (Phi) is 5.89. The van der Waals surface area contributed by atoms with E-state index in [0.717, 1.165) is 0 Å². The van der Waals surface area contributed by atoms with Crippen LogP contribution >= 0.6 is 11.6 Å². The second kappa shape index (κ2) is 6.94. The van der Waals surface area contributed by atoms with Gasteiger partial charge in [0.1, 0.15) is 5.82 Å². The first-order chi connectivity index (χ1) is 8.02. The Morgan fingerprint density at radius 2 is 2.12 bits per heavy atom. The zero-order valence-corrected chi connectivity index (χ0v) is 11.0. The van der Waals surface area contributed by atoms with Crippen molar-refractivity contribution in [2.45, 2.75) is 32.9 Å². The molecule has 0 aliphatic carbocycles. The lowest BCUT2D eigenvalue weighted by atomic mass is 10.0. The van der Waals surface area contributed by atoms with Crippen LogP contribution in [0.15, 0.2) is 18.2 Å². The van der Waals surface area contributed by atoms with Crippen LogP contribution in [0, 0.1) is 11.7 Å². The topological polar surface area (TPSA) is 32.3 Å². The van der Waals surface area contributed by atoms with Gasteiger partial charge in [-0.25, -0.2) is 4.39 Å². The van der Waals surface area contributed by atoms with E-state index in [-0.39, 0.29) is 17.8 Å². The number of aliphatic hydroxyl groups is 1. The largest absolute Gasteiger partial charge is 0.393 e. The minimum atomic E-state index is -0.321. The third-order valence-electron chi connectivity index (χ3n) is 2.75. The number of rotatable bonds is 6. The van der Waals surface area contributed by atoms with Crippen LogP contribution in [-0.2, 0) is 6.54 Å². The molecule has 4 heteroatoms. The van der Waals surface area contributed by atoms with Gasteiger partial charge in [-0.3, -0.25) is 0 Å². The number of benzene rings is 1. The van der Waals surface area contributed by atoms with Crippen molar-refractivity contribution in [1.82, 2.24) is 5.32 Å². The zero-order chi connectivity index (χ0) is 12.8. The molecule has 0 spiro atoms. The fourth-order valence-corrected chi connectivity index (χ4v) is 1.73. The molecule has 1 aromatic rings. The average Bonchev–Trinajstić information content (AvgIpc) is 2.27. The average molecular weight is 260 g/mol. The maximum Gasteiger partial charge on any atom is 0.129 e. The highest BCUT2D eigenvalue weighted by Crippen LogP contribution is 2.18. The molecule has 2 N–H and O–H groups in total. The second-order valence-corrected chi connectivity index (χ2v) is 4.88. The highest BCUT2D eigenvalue weighted by atomic mass is 35.5. The van der Waals surface area contributed by atoms with Gasteiger partial charge in [-0.05, 0) is 31.0 Å². The predicted octanol–water partition coefficient (Wildman–Crippen LogP) is 2.98. The summed E-state index contributed by atoms with van der Waals surface area (Å²) in [5.74, 6) is -0.0525. The molecule has 0 amide bonds. The van der Waals surface area contributed by atoms with Gasteiger partial charge in [-0.2, -0.15) is 0 Å². The summed E-state index contributed by atoms with van der Waals surface area (Å²) in [5, 5.41) is 13.1. The molecule has 2 nitrogen and oxygen atoms in total. The molecule has 1 unspecified atom stereocenters. The molecule has 1 aromatic carbocycles. The number of hydrogen-bond donors (Lipinski definition) is 2. The monoisotopic (exact) mass is 259 g/mol. The number of hydrogen-bond acceptors (Lipinski definition) is 2. The Morgan fingerprint density at radius 3 is 2.71 bits per heavy atom. The maximum absolute atomic E-state index is 13.4. The van der Waals surface area contributed by atoms with E-state index in [0.29, 0.717) is 30.1 Å².